The Hall–Kier alpha value is -1.16. The summed E-state index contributed by atoms with van der Waals surface area (Å²) >= 11 is 0. The SMILES string of the molecule is Cc1cc(OCCOC(C)(C)C)cnn1. The fraction of sp³-hybridized carbons (Fsp3) is 0.636. The quantitative estimate of drug-likeness (QED) is 0.713. The van der Waals surface area contributed by atoms with Crippen molar-refractivity contribution in [2.24, 2.45) is 0 Å². The summed E-state index contributed by atoms with van der Waals surface area (Å²) < 4.78 is 11.0. The van der Waals surface area contributed by atoms with Gasteiger partial charge < -0.3 is 9.47 Å². The second-order valence-corrected chi connectivity index (χ2v) is 4.34. The van der Waals surface area contributed by atoms with E-state index in [1.165, 1.54) is 0 Å². The summed E-state index contributed by atoms with van der Waals surface area (Å²) in [6.45, 7) is 9.04. The molecule has 0 aromatic carbocycles. The Labute approximate surface area is 90.6 Å². The van der Waals surface area contributed by atoms with Crippen LogP contribution in [0.4, 0.5) is 0 Å². The van der Waals surface area contributed by atoms with Gasteiger partial charge >= 0.3 is 0 Å². The van der Waals surface area contributed by atoms with E-state index in [1.54, 1.807) is 6.20 Å². The van der Waals surface area contributed by atoms with Gasteiger partial charge in [0.1, 0.15) is 12.4 Å². The molecule has 0 unspecified atom stereocenters. The maximum absolute atomic E-state index is 5.52. The summed E-state index contributed by atoms with van der Waals surface area (Å²) in [4.78, 5) is 0. The molecule has 0 aliphatic rings. The first-order valence-corrected chi connectivity index (χ1v) is 5.03. The predicted octanol–water partition coefficient (Wildman–Crippen LogP) is 1.98. The third-order valence-electron chi connectivity index (χ3n) is 1.64. The number of hydrogen-bond acceptors (Lipinski definition) is 4. The molecule has 0 bridgehead atoms. The molecule has 0 aliphatic heterocycles. The summed E-state index contributed by atoms with van der Waals surface area (Å²) in [6, 6.07) is 1.85. The van der Waals surface area contributed by atoms with Gasteiger partial charge in [0.2, 0.25) is 0 Å². The van der Waals surface area contributed by atoms with Crippen LogP contribution in [-0.4, -0.2) is 29.0 Å². The number of aryl methyl sites for hydroxylation is 1. The predicted molar refractivity (Wildman–Crippen MR) is 58.0 cm³/mol. The maximum Gasteiger partial charge on any atom is 0.141 e. The average Bonchev–Trinajstić information content (AvgIpc) is 2.11. The van der Waals surface area contributed by atoms with Crippen molar-refractivity contribution in [3.63, 3.8) is 0 Å². The first kappa shape index (κ1) is 11.9. The lowest BCUT2D eigenvalue weighted by molar-refractivity contribution is -0.0163. The number of ether oxygens (including phenoxy) is 2. The lowest BCUT2D eigenvalue weighted by Crippen LogP contribution is -2.22. The van der Waals surface area contributed by atoms with Gasteiger partial charge in [0.05, 0.1) is 24.1 Å². The molecule has 0 spiro atoms. The van der Waals surface area contributed by atoms with Crippen molar-refractivity contribution in [2.75, 3.05) is 13.2 Å². The van der Waals surface area contributed by atoms with Gasteiger partial charge in [-0.3, -0.25) is 0 Å². The normalized spacial score (nSPS) is 11.5. The van der Waals surface area contributed by atoms with Crippen molar-refractivity contribution in [3.8, 4) is 5.75 Å². The summed E-state index contributed by atoms with van der Waals surface area (Å²) in [5, 5.41) is 7.64. The van der Waals surface area contributed by atoms with Gasteiger partial charge in [0, 0.05) is 6.07 Å². The van der Waals surface area contributed by atoms with E-state index in [9.17, 15) is 0 Å². The molecule has 0 radical (unpaired) electrons. The van der Waals surface area contributed by atoms with Crippen molar-refractivity contribution in [1.82, 2.24) is 10.2 Å². The highest BCUT2D eigenvalue weighted by atomic mass is 16.5. The van der Waals surface area contributed by atoms with Crippen LogP contribution in [-0.2, 0) is 4.74 Å². The molecule has 0 fully saturated rings. The third kappa shape index (κ3) is 5.32. The summed E-state index contributed by atoms with van der Waals surface area (Å²) in [6.07, 6.45) is 1.60. The molecule has 4 nitrogen and oxygen atoms in total. The van der Waals surface area contributed by atoms with Gasteiger partial charge in [-0.15, -0.1) is 0 Å². The average molecular weight is 210 g/mol. The van der Waals surface area contributed by atoms with E-state index in [0.29, 0.717) is 13.2 Å². The van der Waals surface area contributed by atoms with E-state index in [2.05, 4.69) is 10.2 Å². The zero-order valence-electron chi connectivity index (χ0n) is 9.78. The smallest absolute Gasteiger partial charge is 0.141 e. The largest absolute Gasteiger partial charge is 0.489 e. The van der Waals surface area contributed by atoms with Gasteiger partial charge in [-0.2, -0.15) is 10.2 Å². The minimum atomic E-state index is -0.115. The lowest BCUT2D eigenvalue weighted by atomic mass is 10.2. The lowest BCUT2D eigenvalue weighted by Gasteiger charge is -2.19. The highest BCUT2D eigenvalue weighted by Crippen LogP contribution is 2.09. The molecule has 15 heavy (non-hydrogen) atoms. The Morgan fingerprint density at radius 2 is 2.00 bits per heavy atom. The minimum absolute atomic E-state index is 0.115. The molecule has 1 aromatic heterocycles. The molecule has 1 heterocycles. The van der Waals surface area contributed by atoms with Crippen molar-refractivity contribution in [1.29, 1.82) is 0 Å². The van der Waals surface area contributed by atoms with Crippen molar-refractivity contribution in [3.05, 3.63) is 18.0 Å². The van der Waals surface area contributed by atoms with E-state index in [1.807, 2.05) is 33.8 Å². The molecular formula is C11H18N2O2. The van der Waals surface area contributed by atoms with Crippen LogP contribution in [0.3, 0.4) is 0 Å². The van der Waals surface area contributed by atoms with E-state index >= 15 is 0 Å². The fourth-order valence-corrected chi connectivity index (χ4v) is 1.04. The Kier molecular flexibility index (Phi) is 4.03. The zero-order chi connectivity index (χ0) is 11.3. The van der Waals surface area contributed by atoms with Crippen LogP contribution in [0.15, 0.2) is 12.3 Å². The van der Waals surface area contributed by atoms with Gasteiger partial charge in [-0.25, -0.2) is 0 Å². The Morgan fingerprint density at radius 3 is 2.60 bits per heavy atom. The van der Waals surface area contributed by atoms with E-state index in [0.717, 1.165) is 11.4 Å². The van der Waals surface area contributed by atoms with Gasteiger partial charge in [-0.05, 0) is 27.7 Å². The third-order valence-corrected chi connectivity index (χ3v) is 1.64. The van der Waals surface area contributed by atoms with Crippen LogP contribution in [0.1, 0.15) is 26.5 Å². The van der Waals surface area contributed by atoms with Gasteiger partial charge in [0.15, 0.2) is 0 Å². The topological polar surface area (TPSA) is 44.2 Å². The van der Waals surface area contributed by atoms with Crippen LogP contribution in [0.5, 0.6) is 5.75 Å². The standard InChI is InChI=1S/C11H18N2O2/c1-9-7-10(8-12-13-9)14-5-6-15-11(2,3)4/h7-8H,5-6H2,1-4H3. The number of rotatable bonds is 4. The number of hydrogen-bond donors (Lipinski definition) is 0. The van der Waals surface area contributed by atoms with Crippen LogP contribution < -0.4 is 4.74 Å². The molecule has 1 rings (SSSR count). The summed E-state index contributed by atoms with van der Waals surface area (Å²) in [7, 11) is 0. The van der Waals surface area contributed by atoms with Crippen LogP contribution in [0.2, 0.25) is 0 Å². The van der Waals surface area contributed by atoms with Crippen LogP contribution in [0, 0.1) is 6.92 Å². The number of nitrogens with zero attached hydrogens (tertiary/aromatic N) is 2. The van der Waals surface area contributed by atoms with E-state index in [4.69, 9.17) is 9.47 Å². The van der Waals surface area contributed by atoms with E-state index < -0.39 is 0 Å². The Morgan fingerprint density at radius 1 is 1.27 bits per heavy atom. The molecule has 0 saturated heterocycles. The van der Waals surface area contributed by atoms with Gasteiger partial charge in [-0.1, -0.05) is 0 Å². The molecule has 0 N–H and O–H groups in total. The van der Waals surface area contributed by atoms with Crippen LogP contribution >= 0.6 is 0 Å². The minimum Gasteiger partial charge on any atom is -0.489 e. The molecule has 84 valence electrons. The zero-order valence-corrected chi connectivity index (χ0v) is 9.78. The highest BCUT2D eigenvalue weighted by molar-refractivity contribution is 5.17. The molecule has 0 atom stereocenters. The second kappa shape index (κ2) is 5.07. The molecule has 4 heteroatoms. The van der Waals surface area contributed by atoms with Gasteiger partial charge in [0.25, 0.3) is 0 Å². The van der Waals surface area contributed by atoms with Crippen LogP contribution in [0.25, 0.3) is 0 Å². The molecule has 0 amide bonds. The number of aromatic nitrogens is 2. The second-order valence-electron chi connectivity index (χ2n) is 4.34. The fourth-order valence-electron chi connectivity index (χ4n) is 1.04. The molecular weight excluding hydrogens is 192 g/mol. The van der Waals surface area contributed by atoms with Crippen molar-refractivity contribution >= 4 is 0 Å². The van der Waals surface area contributed by atoms with Crippen molar-refractivity contribution in [2.45, 2.75) is 33.3 Å². The first-order valence-electron chi connectivity index (χ1n) is 5.03. The summed E-state index contributed by atoms with van der Waals surface area (Å²) in [5.41, 5.74) is 0.736. The highest BCUT2D eigenvalue weighted by Gasteiger charge is 2.09. The Balaban J connectivity index is 2.26. The maximum atomic E-state index is 5.52. The van der Waals surface area contributed by atoms with Crippen molar-refractivity contribution < 1.29 is 9.47 Å². The van der Waals surface area contributed by atoms with E-state index in [-0.39, 0.29) is 5.60 Å². The first-order chi connectivity index (χ1) is 6.97. The monoisotopic (exact) mass is 210 g/mol. The molecule has 0 saturated carbocycles. The summed E-state index contributed by atoms with van der Waals surface area (Å²) in [5.74, 6) is 0.736. The molecule has 1 aromatic rings. The Bertz CT molecular complexity index is 308. The molecule has 0 aliphatic carbocycles.